The van der Waals surface area contributed by atoms with Crippen LogP contribution in [0.2, 0.25) is 0 Å². The molecule has 2 N–H and O–H groups in total. The molecule has 1 aromatic rings. The minimum absolute atomic E-state index is 0. The second kappa shape index (κ2) is 13.3. The van der Waals surface area contributed by atoms with Crippen molar-refractivity contribution in [1.29, 1.82) is 0 Å². The first-order valence-corrected chi connectivity index (χ1v) is 8.21. The van der Waals surface area contributed by atoms with Crippen LogP contribution in [0.4, 0.5) is 0 Å². The molecule has 1 heterocycles. The summed E-state index contributed by atoms with van der Waals surface area (Å²) < 4.78 is 5.28. The zero-order valence-electron chi connectivity index (χ0n) is 13.1. The van der Waals surface area contributed by atoms with E-state index in [0.29, 0.717) is 13.2 Å². The standard InChI is InChI=1S/C14H26N4OS.HI/c1-4-13-18-12(11-20-13)7-8-16-14(15-5-2)17-9-10-19-6-3;/h11H,4-10H2,1-3H3,(H2,15,16,17);1H. The van der Waals surface area contributed by atoms with Crippen molar-refractivity contribution in [2.75, 3.05) is 32.8 Å². The molecule has 0 aliphatic heterocycles. The van der Waals surface area contributed by atoms with Gasteiger partial charge in [-0.1, -0.05) is 6.92 Å². The highest BCUT2D eigenvalue weighted by atomic mass is 127. The van der Waals surface area contributed by atoms with Crippen molar-refractivity contribution in [3.8, 4) is 0 Å². The number of aryl methyl sites for hydroxylation is 1. The van der Waals surface area contributed by atoms with E-state index in [2.05, 4.69) is 39.8 Å². The van der Waals surface area contributed by atoms with Gasteiger partial charge in [0.05, 0.1) is 23.9 Å². The van der Waals surface area contributed by atoms with Gasteiger partial charge < -0.3 is 15.4 Å². The van der Waals surface area contributed by atoms with Gasteiger partial charge in [-0.3, -0.25) is 4.99 Å². The molecular formula is C14H27IN4OS. The lowest BCUT2D eigenvalue weighted by Gasteiger charge is -2.10. The summed E-state index contributed by atoms with van der Waals surface area (Å²) in [6, 6.07) is 0. The van der Waals surface area contributed by atoms with Crippen molar-refractivity contribution in [1.82, 2.24) is 15.6 Å². The minimum atomic E-state index is 0. The summed E-state index contributed by atoms with van der Waals surface area (Å²) in [6.07, 6.45) is 1.94. The Morgan fingerprint density at radius 2 is 2.14 bits per heavy atom. The molecule has 0 bridgehead atoms. The normalized spacial score (nSPS) is 11.1. The van der Waals surface area contributed by atoms with Gasteiger partial charge in [-0.25, -0.2) is 4.98 Å². The fourth-order valence-corrected chi connectivity index (χ4v) is 2.42. The van der Waals surface area contributed by atoms with E-state index in [1.54, 1.807) is 11.3 Å². The Labute approximate surface area is 149 Å². The van der Waals surface area contributed by atoms with Crippen molar-refractivity contribution in [3.05, 3.63) is 16.1 Å². The zero-order valence-corrected chi connectivity index (χ0v) is 16.3. The highest BCUT2D eigenvalue weighted by Gasteiger charge is 2.01. The van der Waals surface area contributed by atoms with Crippen LogP contribution in [0.3, 0.4) is 0 Å². The topological polar surface area (TPSA) is 58.5 Å². The van der Waals surface area contributed by atoms with E-state index >= 15 is 0 Å². The molecule has 1 aromatic heterocycles. The van der Waals surface area contributed by atoms with E-state index in [4.69, 9.17) is 4.74 Å². The maximum Gasteiger partial charge on any atom is 0.191 e. The molecule has 0 unspecified atom stereocenters. The number of guanidine groups is 1. The smallest absolute Gasteiger partial charge is 0.191 e. The lowest BCUT2D eigenvalue weighted by molar-refractivity contribution is 0.155. The number of rotatable bonds is 9. The molecule has 0 fully saturated rings. The third-order valence-corrected chi connectivity index (χ3v) is 3.67. The van der Waals surface area contributed by atoms with Gasteiger partial charge in [-0.05, 0) is 20.3 Å². The number of aromatic nitrogens is 1. The van der Waals surface area contributed by atoms with E-state index in [1.807, 2.05) is 6.92 Å². The van der Waals surface area contributed by atoms with Crippen LogP contribution in [0.5, 0.6) is 0 Å². The van der Waals surface area contributed by atoms with Crippen molar-refractivity contribution in [3.63, 3.8) is 0 Å². The Morgan fingerprint density at radius 1 is 1.33 bits per heavy atom. The summed E-state index contributed by atoms with van der Waals surface area (Å²) in [6.45, 7) is 9.97. The molecular weight excluding hydrogens is 399 g/mol. The van der Waals surface area contributed by atoms with Gasteiger partial charge >= 0.3 is 0 Å². The Morgan fingerprint density at radius 3 is 2.76 bits per heavy atom. The minimum Gasteiger partial charge on any atom is -0.380 e. The maximum atomic E-state index is 5.28. The molecule has 0 saturated heterocycles. The maximum absolute atomic E-state index is 5.28. The van der Waals surface area contributed by atoms with Crippen LogP contribution in [0.25, 0.3) is 0 Å². The van der Waals surface area contributed by atoms with Crippen molar-refractivity contribution < 1.29 is 4.74 Å². The fourth-order valence-electron chi connectivity index (χ4n) is 1.64. The van der Waals surface area contributed by atoms with Gasteiger partial charge in [-0.2, -0.15) is 0 Å². The molecule has 21 heavy (non-hydrogen) atoms. The summed E-state index contributed by atoms with van der Waals surface area (Å²) in [5.41, 5.74) is 1.16. The average molecular weight is 426 g/mol. The number of aliphatic imine (C=N–C) groups is 1. The number of nitrogens with zero attached hydrogens (tertiary/aromatic N) is 2. The Kier molecular flexibility index (Phi) is 13.0. The van der Waals surface area contributed by atoms with Crippen LogP contribution in [0.15, 0.2) is 10.4 Å². The molecule has 5 nitrogen and oxygen atoms in total. The summed E-state index contributed by atoms with van der Waals surface area (Å²) >= 11 is 1.74. The van der Waals surface area contributed by atoms with Crippen LogP contribution in [0, 0.1) is 0 Å². The predicted octanol–water partition coefficient (Wildman–Crippen LogP) is 2.46. The monoisotopic (exact) mass is 426 g/mol. The van der Waals surface area contributed by atoms with E-state index in [1.165, 1.54) is 5.01 Å². The number of thiazole rings is 1. The van der Waals surface area contributed by atoms with Crippen LogP contribution in [-0.4, -0.2) is 43.8 Å². The second-order valence-electron chi connectivity index (χ2n) is 4.22. The fraction of sp³-hybridized carbons (Fsp3) is 0.714. The lowest BCUT2D eigenvalue weighted by atomic mass is 10.3. The van der Waals surface area contributed by atoms with Crippen molar-refractivity contribution in [2.45, 2.75) is 33.6 Å². The van der Waals surface area contributed by atoms with Crippen LogP contribution >= 0.6 is 35.3 Å². The first-order valence-electron chi connectivity index (χ1n) is 7.33. The predicted molar refractivity (Wildman–Crippen MR) is 101 cm³/mol. The number of hydrogen-bond donors (Lipinski definition) is 2. The summed E-state index contributed by atoms with van der Waals surface area (Å²) in [7, 11) is 0. The molecule has 122 valence electrons. The zero-order chi connectivity index (χ0) is 14.6. The number of halogens is 1. The molecule has 0 radical (unpaired) electrons. The summed E-state index contributed by atoms with van der Waals surface area (Å²) in [5.74, 6) is 0.846. The van der Waals surface area contributed by atoms with Gasteiger partial charge in [0.25, 0.3) is 0 Å². The van der Waals surface area contributed by atoms with Crippen molar-refractivity contribution >= 4 is 41.3 Å². The van der Waals surface area contributed by atoms with Gasteiger partial charge in [-0.15, -0.1) is 35.3 Å². The van der Waals surface area contributed by atoms with Crippen LogP contribution in [0.1, 0.15) is 31.5 Å². The molecule has 0 aliphatic carbocycles. The summed E-state index contributed by atoms with van der Waals surface area (Å²) in [5, 5.41) is 9.89. The SMILES string of the molecule is CCNC(=NCCOCC)NCCc1csc(CC)n1.I. The first-order chi connectivity index (χ1) is 9.80. The average Bonchev–Trinajstić information content (AvgIpc) is 2.91. The molecule has 0 aliphatic rings. The second-order valence-corrected chi connectivity index (χ2v) is 5.16. The third-order valence-electron chi connectivity index (χ3n) is 2.63. The van der Waals surface area contributed by atoms with Gasteiger partial charge in [0, 0.05) is 31.5 Å². The van der Waals surface area contributed by atoms with E-state index < -0.39 is 0 Å². The Bertz CT molecular complexity index is 398. The lowest BCUT2D eigenvalue weighted by Crippen LogP contribution is -2.38. The first kappa shape index (κ1) is 20.6. The van der Waals surface area contributed by atoms with E-state index in [0.717, 1.165) is 44.2 Å². The molecule has 0 spiro atoms. The largest absolute Gasteiger partial charge is 0.380 e. The number of nitrogens with one attached hydrogen (secondary N) is 2. The Hall–Kier alpha value is -0.410. The van der Waals surface area contributed by atoms with E-state index in [-0.39, 0.29) is 24.0 Å². The van der Waals surface area contributed by atoms with E-state index in [9.17, 15) is 0 Å². The van der Waals surface area contributed by atoms with Crippen molar-refractivity contribution in [2.24, 2.45) is 4.99 Å². The van der Waals surface area contributed by atoms with Gasteiger partial charge in [0.2, 0.25) is 0 Å². The van der Waals surface area contributed by atoms with Gasteiger partial charge in [0.1, 0.15) is 0 Å². The molecule has 0 aromatic carbocycles. The third kappa shape index (κ3) is 9.26. The molecule has 7 heteroatoms. The molecule has 0 amide bonds. The number of ether oxygens (including phenoxy) is 1. The highest BCUT2D eigenvalue weighted by molar-refractivity contribution is 14.0. The molecule has 0 saturated carbocycles. The Balaban J connectivity index is 0.00000400. The molecule has 0 atom stereocenters. The van der Waals surface area contributed by atoms with Crippen LogP contribution < -0.4 is 10.6 Å². The molecule has 1 rings (SSSR count). The quantitative estimate of drug-likeness (QED) is 0.276. The highest BCUT2D eigenvalue weighted by Crippen LogP contribution is 2.10. The van der Waals surface area contributed by atoms with Gasteiger partial charge in [0.15, 0.2) is 5.96 Å². The summed E-state index contributed by atoms with van der Waals surface area (Å²) in [4.78, 5) is 9.01. The number of hydrogen-bond acceptors (Lipinski definition) is 4. The van der Waals surface area contributed by atoms with Crippen LogP contribution in [-0.2, 0) is 17.6 Å².